The van der Waals surface area contributed by atoms with E-state index in [-0.39, 0.29) is 0 Å². The van der Waals surface area contributed by atoms with Crippen LogP contribution in [-0.4, -0.2) is 0 Å². The highest BCUT2D eigenvalue weighted by Crippen LogP contribution is 2.44. The Kier molecular flexibility index (Phi) is 13.2. The first-order chi connectivity index (χ1) is 15.7. The fourth-order valence-electron chi connectivity index (χ4n) is 4.68. The SMILES string of the molecule is CCCCCCCCCCCCCCCCCCc1cccc2c1sc1c(I)c(I)sc12. The van der Waals surface area contributed by atoms with E-state index in [2.05, 4.69) is 70.3 Å². The smallest absolute Gasteiger partial charge is 0.0808 e. The molecule has 0 aliphatic rings. The molecule has 0 saturated carbocycles. The molecule has 0 amide bonds. The second-order valence-electron chi connectivity index (χ2n) is 9.30. The van der Waals surface area contributed by atoms with Gasteiger partial charge in [-0.1, -0.05) is 121 Å². The van der Waals surface area contributed by atoms with Crippen molar-refractivity contribution in [3.8, 4) is 0 Å². The Morgan fingerprint density at radius 2 is 1.12 bits per heavy atom. The molecule has 178 valence electrons. The topological polar surface area (TPSA) is 0 Å². The Labute approximate surface area is 231 Å². The number of hydrogen-bond donors (Lipinski definition) is 0. The lowest BCUT2D eigenvalue weighted by atomic mass is 10.0. The molecule has 3 rings (SSSR count). The van der Waals surface area contributed by atoms with Gasteiger partial charge in [-0.05, 0) is 63.6 Å². The molecule has 0 spiro atoms. The summed E-state index contributed by atoms with van der Waals surface area (Å²) in [7, 11) is 0. The maximum absolute atomic E-state index is 2.52. The number of rotatable bonds is 17. The molecular weight excluding hydrogens is 654 g/mol. The molecule has 1 aromatic carbocycles. The lowest BCUT2D eigenvalue weighted by Crippen LogP contribution is -1.87. The van der Waals surface area contributed by atoms with Crippen molar-refractivity contribution in [2.75, 3.05) is 0 Å². The predicted molar refractivity (Wildman–Crippen MR) is 166 cm³/mol. The summed E-state index contributed by atoms with van der Waals surface area (Å²) in [6, 6.07) is 6.97. The van der Waals surface area contributed by atoms with E-state index in [0.29, 0.717) is 0 Å². The number of hydrogen-bond acceptors (Lipinski definition) is 2. The molecule has 0 atom stereocenters. The largest absolute Gasteiger partial charge is 0.133 e. The minimum atomic E-state index is 1.25. The summed E-state index contributed by atoms with van der Waals surface area (Å²) in [5.41, 5.74) is 1.58. The van der Waals surface area contributed by atoms with Gasteiger partial charge >= 0.3 is 0 Å². The third kappa shape index (κ3) is 8.37. The van der Waals surface area contributed by atoms with Gasteiger partial charge in [-0.25, -0.2) is 0 Å². The molecule has 4 heteroatoms. The molecule has 0 N–H and O–H groups in total. The van der Waals surface area contributed by atoms with Crippen molar-refractivity contribution in [1.82, 2.24) is 0 Å². The van der Waals surface area contributed by atoms with E-state index in [9.17, 15) is 0 Å². The van der Waals surface area contributed by atoms with Crippen LogP contribution in [-0.2, 0) is 6.42 Å². The number of halogens is 2. The zero-order valence-corrected chi connectivity index (χ0v) is 25.8. The van der Waals surface area contributed by atoms with Crippen molar-refractivity contribution in [2.24, 2.45) is 0 Å². The quantitative estimate of drug-likeness (QED) is 0.0975. The minimum Gasteiger partial charge on any atom is -0.133 e. The second-order valence-corrected chi connectivity index (χ2v) is 14.2. The lowest BCUT2D eigenvalue weighted by Gasteiger charge is -2.05. The van der Waals surface area contributed by atoms with Gasteiger partial charge in [-0.3, -0.25) is 0 Å². The second kappa shape index (κ2) is 15.6. The van der Waals surface area contributed by atoms with Gasteiger partial charge in [0, 0.05) is 10.1 Å². The monoisotopic (exact) mass is 694 g/mol. The highest BCUT2D eigenvalue weighted by Gasteiger charge is 2.15. The molecule has 32 heavy (non-hydrogen) atoms. The first-order valence-corrected chi connectivity index (χ1v) is 16.8. The van der Waals surface area contributed by atoms with Gasteiger partial charge in [-0.15, -0.1) is 22.7 Å². The summed E-state index contributed by atoms with van der Waals surface area (Å²) < 4.78 is 7.46. The summed E-state index contributed by atoms with van der Waals surface area (Å²) in [4.78, 5) is 0. The summed E-state index contributed by atoms with van der Waals surface area (Å²) >= 11 is 9.00. The van der Waals surface area contributed by atoms with Crippen LogP contribution >= 0.6 is 67.9 Å². The summed E-state index contributed by atoms with van der Waals surface area (Å²) in [6.45, 7) is 2.30. The first kappa shape index (κ1) is 27.2. The molecule has 0 radical (unpaired) electrons. The molecule has 0 bridgehead atoms. The van der Waals surface area contributed by atoms with Crippen LogP contribution in [0.25, 0.3) is 19.5 Å². The summed E-state index contributed by atoms with van der Waals surface area (Å²) in [5, 5.41) is 1.49. The van der Waals surface area contributed by atoms with E-state index < -0.39 is 0 Å². The Bertz CT molecular complexity index is 924. The van der Waals surface area contributed by atoms with Gasteiger partial charge in [0.25, 0.3) is 0 Å². The molecule has 0 aliphatic heterocycles. The standard InChI is InChI=1S/C28H40I2S2/c1-2-3-4-5-6-7-8-9-10-11-12-13-14-15-16-17-19-22-20-18-21-23-25(22)31-27-24(29)28(30)32-26(23)27/h18,20-21H,2-17,19H2,1H3. The number of fused-ring (bicyclic) bond motifs is 3. The van der Waals surface area contributed by atoms with E-state index in [0.717, 1.165) is 0 Å². The van der Waals surface area contributed by atoms with Crippen molar-refractivity contribution >= 4 is 87.3 Å². The van der Waals surface area contributed by atoms with Crippen LogP contribution in [0.1, 0.15) is 115 Å². The van der Waals surface area contributed by atoms with Crippen LogP contribution in [0.3, 0.4) is 0 Å². The molecule has 2 heterocycles. The fourth-order valence-corrected chi connectivity index (χ4v) is 9.32. The molecule has 0 aliphatic carbocycles. The number of thiophene rings is 2. The maximum Gasteiger partial charge on any atom is 0.0808 e. The number of unbranched alkanes of at least 4 members (excludes halogenated alkanes) is 15. The summed E-state index contributed by atoms with van der Waals surface area (Å²) in [6.07, 6.45) is 24.3. The molecule has 0 fully saturated rings. The number of benzene rings is 1. The van der Waals surface area contributed by atoms with E-state index in [1.165, 1.54) is 130 Å². The maximum atomic E-state index is 2.52. The Morgan fingerprint density at radius 3 is 1.69 bits per heavy atom. The van der Waals surface area contributed by atoms with Crippen LogP contribution < -0.4 is 0 Å². The van der Waals surface area contributed by atoms with Crippen molar-refractivity contribution in [3.63, 3.8) is 0 Å². The van der Waals surface area contributed by atoms with Gasteiger partial charge in [0.15, 0.2) is 0 Å². The predicted octanol–water partition coefficient (Wildman–Crippen LogP) is 12.1. The molecular formula is C28H40I2S2. The van der Waals surface area contributed by atoms with Gasteiger partial charge < -0.3 is 0 Å². The van der Waals surface area contributed by atoms with Gasteiger partial charge in [0.1, 0.15) is 0 Å². The molecule has 0 saturated heterocycles. The van der Waals surface area contributed by atoms with Crippen LogP contribution in [0.5, 0.6) is 0 Å². The molecule has 0 nitrogen and oxygen atoms in total. The van der Waals surface area contributed by atoms with Crippen LogP contribution in [0.15, 0.2) is 18.2 Å². The van der Waals surface area contributed by atoms with E-state index in [1.54, 1.807) is 10.3 Å². The molecule has 3 aromatic rings. The Morgan fingerprint density at radius 1 is 0.594 bits per heavy atom. The first-order valence-electron chi connectivity index (χ1n) is 13.0. The Balaban J connectivity index is 1.22. The zero-order valence-electron chi connectivity index (χ0n) is 19.8. The van der Waals surface area contributed by atoms with E-state index >= 15 is 0 Å². The minimum absolute atomic E-state index is 1.25. The Hall–Kier alpha value is 0.600. The van der Waals surface area contributed by atoms with Crippen molar-refractivity contribution in [2.45, 2.75) is 116 Å². The van der Waals surface area contributed by atoms with Crippen LogP contribution in [0.2, 0.25) is 0 Å². The summed E-state index contributed by atoms with van der Waals surface area (Å²) in [5.74, 6) is 0. The normalized spacial score (nSPS) is 11.8. The van der Waals surface area contributed by atoms with Crippen molar-refractivity contribution in [1.29, 1.82) is 0 Å². The lowest BCUT2D eigenvalue weighted by molar-refractivity contribution is 0.529. The fraction of sp³-hybridized carbons (Fsp3) is 0.643. The van der Waals surface area contributed by atoms with E-state index in [1.807, 2.05) is 22.7 Å². The van der Waals surface area contributed by atoms with E-state index in [4.69, 9.17) is 0 Å². The van der Waals surface area contributed by atoms with Gasteiger partial charge in [0.2, 0.25) is 0 Å². The zero-order chi connectivity index (χ0) is 22.6. The third-order valence-electron chi connectivity index (χ3n) is 6.61. The highest BCUT2D eigenvalue weighted by atomic mass is 127. The third-order valence-corrected chi connectivity index (χ3v) is 13.1. The average molecular weight is 695 g/mol. The highest BCUT2D eigenvalue weighted by molar-refractivity contribution is 14.1. The van der Waals surface area contributed by atoms with Crippen LogP contribution in [0, 0.1) is 6.45 Å². The van der Waals surface area contributed by atoms with Crippen molar-refractivity contribution < 1.29 is 0 Å². The van der Waals surface area contributed by atoms with Crippen molar-refractivity contribution in [3.05, 3.63) is 30.2 Å². The average Bonchev–Trinajstić information content (AvgIpc) is 3.30. The molecule has 2 aromatic heterocycles. The number of aryl methyl sites for hydroxylation is 1. The van der Waals surface area contributed by atoms with Gasteiger partial charge in [0.05, 0.1) is 15.9 Å². The van der Waals surface area contributed by atoms with Gasteiger partial charge in [-0.2, -0.15) is 0 Å². The van der Waals surface area contributed by atoms with Crippen LogP contribution in [0.4, 0.5) is 0 Å². The molecule has 0 unspecified atom stereocenters.